The van der Waals surface area contributed by atoms with Crippen LogP contribution in [0.15, 0.2) is 42.5 Å². The average molecular weight is 387 g/mol. The van der Waals surface area contributed by atoms with Crippen molar-refractivity contribution in [3.63, 3.8) is 0 Å². The molecule has 0 aliphatic carbocycles. The number of rotatable bonds is 5. The summed E-state index contributed by atoms with van der Waals surface area (Å²) < 4.78 is 10.4. The minimum Gasteiger partial charge on any atom is -0.496 e. The van der Waals surface area contributed by atoms with Gasteiger partial charge in [0.05, 0.1) is 28.3 Å². The number of para-hydroxylation sites is 1. The molecule has 0 amide bonds. The quantitative estimate of drug-likeness (QED) is 0.365. The molecule has 3 rings (SSSR count). The van der Waals surface area contributed by atoms with Crippen molar-refractivity contribution in [2.45, 2.75) is 13.5 Å². The Labute approximate surface area is 159 Å². The van der Waals surface area contributed by atoms with E-state index in [4.69, 9.17) is 21.1 Å². The Morgan fingerprint density at radius 1 is 1.26 bits per heavy atom. The zero-order chi connectivity index (χ0) is 19.6. The molecule has 0 saturated carbocycles. The van der Waals surface area contributed by atoms with Crippen molar-refractivity contribution in [2.75, 3.05) is 7.11 Å². The fraction of sp³-hybridized carbons (Fsp3) is 0.158. The van der Waals surface area contributed by atoms with Gasteiger partial charge in [-0.3, -0.25) is 10.1 Å². The minimum atomic E-state index is -0.765. The molecule has 8 heteroatoms. The van der Waals surface area contributed by atoms with Crippen molar-refractivity contribution >= 4 is 34.2 Å². The third kappa shape index (κ3) is 3.68. The lowest BCUT2D eigenvalue weighted by atomic mass is 10.1. The van der Waals surface area contributed by atoms with E-state index in [1.807, 2.05) is 31.2 Å². The van der Waals surface area contributed by atoms with E-state index < -0.39 is 10.9 Å². The van der Waals surface area contributed by atoms with Gasteiger partial charge >= 0.3 is 5.97 Å². The number of aromatic nitrogens is 1. The third-order valence-electron chi connectivity index (χ3n) is 4.10. The third-order valence-corrected chi connectivity index (χ3v) is 4.60. The van der Waals surface area contributed by atoms with Gasteiger partial charge in [-0.15, -0.1) is 0 Å². The van der Waals surface area contributed by atoms with Gasteiger partial charge in [0.25, 0.3) is 5.69 Å². The molecule has 0 aliphatic rings. The number of esters is 1. The summed E-state index contributed by atoms with van der Waals surface area (Å²) in [5.41, 5.74) is 1.70. The van der Waals surface area contributed by atoms with Crippen LogP contribution >= 0.6 is 11.6 Å². The molecule has 0 saturated heterocycles. The van der Waals surface area contributed by atoms with Crippen LogP contribution in [0.4, 0.5) is 5.69 Å². The molecule has 2 aromatic carbocycles. The van der Waals surface area contributed by atoms with Gasteiger partial charge in [-0.2, -0.15) is 0 Å². The average Bonchev–Trinajstić information content (AvgIpc) is 2.68. The van der Waals surface area contributed by atoms with Crippen LogP contribution in [0.1, 0.15) is 21.6 Å². The monoisotopic (exact) mass is 386 g/mol. The standard InChI is InChI=1S/C19H15ClN2O5/c1-11-13-5-3-4-6-15(13)21-16(18(11)20)10-27-19(23)14-9-12(22(24)25)7-8-17(14)26-2/h3-9H,10H2,1-2H3. The molecule has 0 N–H and O–H groups in total. The van der Waals surface area contributed by atoms with Gasteiger partial charge in [-0.25, -0.2) is 9.78 Å². The van der Waals surface area contributed by atoms with Gasteiger partial charge in [0.1, 0.15) is 17.9 Å². The number of non-ortho nitro benzene ring substituents is 1. The molecule has 0 radical (unpaired) electrons. The van der Waals surface area contributed by atoms with Crippen LogP contribution in [0.25, 0.3) is 10.9 Å². The van der Waals surface area contributed by atoms with E-state index >= 15 is 0 Å². The Morgan fingerprint density at radius 2 is 2.00 bits per heavy atom. The molecule has 0 bridgehead atoms. The van der Waals surface area contributed by atoms with E-state index in [0.717, 1.165) is 22.5 Å². The summed E-state index contributed by atoms with van der Waals surface area (Å²) in [4.78, 5) is 27.2. The number of ether oxygens (including phenoxy) is 2. The van der Waals surface area contributed by atoms with E-state index in [9.17, 15) is 14.9 Å². The largest absolute Gasteiger partial charge is 0.496 e. The molecule has 3 aromatic rings. The molecule has 1 heterocycles. The molecule has 0 aliphatic heterocycles. The van der Waals surface area contributed by atoms with E-state index in [2.05, 4.69) is 4.98 Å². The van der Waals surface area contributed by atoms with E-state index in [1.165, 1.54) is 19.2 Å². The highest BCUT2D eigenvalue weighted by atomic mass is 35.5. The number of pyridine rings is 1. The van der Waals surface area contributed by atoms with Crippen LogP contribution in [-0.4, -0.2) is 23.0 Å². The lowest BCUT2D eigenvalue weighted by Crippen LogP contribution is -2.09. The number of hydrogen-bond donors (Lipinski definition) is 0. The SMILES string of the molecule is COc1ccc([N+](=O)[O-])cc1C(=O)OCc1nc2ccccc2c(C)c1Cl. The van der Waals surface area contributed by atoms with E-state index in [0.29, 0.717) is 10.7 Å². The van der Waals surface area contributed by atoms with Crippen molar-refractivity contribution < 1.29 is 19.2 Å². The summed E-state index contributed by atoms with van der Waals surface area (Å²) in [6, 6.07) is 11.2. The van der Waals surface area contributed by atoms with Crippen LogP contribution < -0.4 is 4.74 Å². The molecule has 0 unspecified atom stereocenters. The number of nitro benzene ring substituents is 1. The first-order valence-corrected chi connectivity index (χ1v) is 8.33. The predicted octanol–water partition coefficient (Wildman–Crippen LogP) is 4.47. The second-order valence-electron chi connectivity index (χ2n) is 5.73. The van der Waals surface area contributed by atoms with Gasteiger partial charge < -0.3 is 9.47 Å². The minimum absolute atomic E-state index is 0.0414. The zero-order valence-corrected chi connectivity index (χ0v) is 15.3. The molecular weight excluding hydrogens is 372 g/mol. The Kier molecular flexibility index (Phi) is 5.23. The fourth-order valence-corrected chi connectivity index (χ4v) is 2.89. The Morgan fingerprint density at radius 3 is 2.70 bits per heavy atom. The summed E-state index contributed by atoms with van der Waals surface area (Å²) in [7, 11) is 1.36. The number of aryl methyl sites for hydroxylation is 1. The van der Waals surface area contributed by atoms with Crippen LogP contribution in [0.3, 0.4) is 0 Å². The van der Waals surface area contributed by atoms with Crippen molar-refractivity contribution in [1.29, 1.82) is 0 Å². The second-order valence-corrected chi connectivity index (χ2v) is 6.11. The number of methoxy groups -OCH3 is 1. The van der Waals surface area contributed by atoms with Crippen LogP contribution in [0, 0.1) is 17.0 Å². The highest BCUT2D eigenvalue weighted by Gasteiger charge is 2.20. The summed E-state index contributed by atoms with van der Waals surface area (Å²) >= 11 is 6.36. The van der Waals surface area contributed by atoms with Gasteiger partial charge in [0.2, 0.25) is 0 Å². The number of benzene rings is 2. The second kappa shape index (κ2) is 7.59. The Hall–Kier alpha value is -3.19. The van der Waals surface area contributed by atoms with Gasteiger partial charge in [0.15, 0.2) is 0 Å². The van der Waals surface area contributed by atoms with Crippen LogP contribution in [-0.2, 0) is 11.3 Å². The number of nitro groups is 1. The maximum Gasteiger partial charge on any atom is 0.342 e. The summed E-state index contributed by atoms with van der Waals surface area (Å²) in [6.45, 7) is 1.69. The highest BCUT2D eigenvalue weighted by Crippen LogP contribution is 2.28. The number of halogens is 1. The smallest absolute Gasteiger partial charge is 0.342 e. The molecule has 138 valence electrons. The first-order valence-electron chi connectivity index (χ1n) is 7.95. The van der Waals surface area contributed by atoms with Gasteiger partial charge in [-0.1, -0.05) is 29.8 Å². The Balaban J connectivity index is 1.88. The molecule has 27 heavy (non-hydrogen) atoms. The number of hydrogen-bond acceptors (Lipinski definition) is 6. The fourth-order valence-electron chi connectivity index (χ4n) is 2.69. The van der Waals surface area contributed by atoms with E-state index in [-0.39, 0.29) is 23.6 Å². The van der Waals surface area contributed by atoms with Crippen molar-refractivity contribution in [2.24, 2.45) is 0 Å². The first kappa shape index (κ1) is 18.6. The van der Waals surface area contributed by atoms with E-state index in [1.54, 1.807) is 0 Å². The Bertz CT molecular complexity index is 1050. The molecule has 0 atom stereocenters. The topological polar surface area (TPSA) is 91.6 Å². The zero-order valence-electron chi connectivity index (χ0n) is 14.6. The van der Waals surface area contributed by atoms with Gasteiger partial charge in [-0.05, 0) is 24.6 Å². The number of carbonyl (C=O) groups is 1. The number of carbonyl (C=O) groups excluding carboxylic acids is 1. The summed E-state index contributed by atoms with van der Waals surface area (Å²) in [5, 5.41) is 12.3. The molecule has 0 spiro atoms. The predicted molar refractivity (Wildman–Crippen MR) is 100 cm³/mol. The van der Waals surface area contributed by atoms with Crippen LogP contribution in [0.2, 0.25) is 5.02 Å². The first-order chi connectivity index (χ1) is 12.9. The normalized spacial score (nSPS) is 10.6. The van der Waals surface area contributed by atoms with Crippen LogP contribution in [0.5, 0.6) is 5.75 Å². The maximum atomic E-state index is 12.4. The number of fused-ring (bicyclic) bond motifs is 1. The molecule has 0 fully saturated rings. The lowest BCUT2D eigenvalue weighted by Gasteiger charge is -2.12. The molecular formula is C19H15ClN2O5. The maximum absolute atomic E-state index is 12.4. The summed E-state index contributed by atoms with van der Waals surface area (Å²) in [6.07, 6.45) is 0. The van der Waals surface area contributed by atoms with Crippen molar-refractivity contribution in [3.05, 3.63) is 74.4 Å². The molecule has 1 aromatic heterocycles. The highest BCUT2D eigenvalue weighted by molar-refractivity contribution is 6.32. The van der Waals surface area contributed by atoms with Gasteiger partial charge in [0, 0.05) is 17.5 Å². The molecule has 7 nitrogen and oxygen atoms in total. The number of nitrogens with zero attached hydrogens (tertiary/aromatic N) is 2. The summed E-state index contributed by atoms with van der Waals surface area (Å²) in [5.74, 6) is -0.585. The van der Waals surface area contributed by atoms with Crippen molar-refractivity contribution in [3.8, 4) is 5.75 Å². The van der Waals surface area contributed by atoms with Crippen molar-refractivity contribution in [1.82, 2.24) is 4.98 Å². The lowest BCUT2D eigenvalue weighted by molar-refractivity contribution is -0.384.